The molecule has 4 nitrogen and oxygen atoms in total. The van der Waals surface area contributed by atoms with Crippen LogP contribution in [-0.4, -0.2) is 22.5 Å². The van der Waals surface area contributed by atoms with Gasteiger partial charge in [-0.3, -0.25) is 4.79 Å². The Morgan fingerprint density at radius 1 is 1.40 bits per heavy atom. The number of carboxylic acid groups (broad SMARTS) is 1. The molecule has 0 bridgehead atoms. The molecule has 1 fully saturated rings. The molecule has 0 aromatic carbocycles. The zero-order valence-electron chi connectivity index (χ0n) is 9.54. The van der Waals surface area contributed by atoms with E-state index in [1.165, 1.54) is 0 Å². The highest BCUT2D eigenvalue weighted by Gasteiger charge is 2.40. The van der Waals surface area contributed by atoms with Crippen LogP contribution in [0.4, 0.5) is 0 Å². The molecule has 1 rings (SSSR count). The van der Waals surface area contributed by atoms with Gasteiger partial charge in [0.2, 0.25) is 5.91 Å². The van der Waals surface area contributed by atoms with Gasteiger partial charge in [-0.05, 0) is 25.7 Å². The van der Waals surface area contributed by atoms with Crippen LogP contribution in [0.5, 0.6) is 0 Å². The van der Waals surface area contributed by atoms with Gasteiger partial charge < -0.3 is 10.4 Å². The van der Waals surface area contributed by atoms with Crippen LogP contribution in [-0.2, 0) is 9.59 Å². The van der Waals surface area contributed by atoms with Crippen molar-refractivity contribution >= 4 is 11.9 Å². The summed E-state index contributed by atoms with van der Waals surface area (Å²) in [6, 6.07) is 0. The molecule has 0 saturated heterocycles. The lowest BCUT2D eigenvalue weighted by Crippen LogP contribution is -2.57. The van der Waals surface area contributed by atoms with Crippen LogP contribution in [0.2, 0.25) is 0 Å². The highest BCUT2D eigenvalue weighted by Crippen LogP contribution is 2.28. The Balaban J connectivity index is 2.66. The van der Waals surface area contributed by atoms with E-state index in [0.29, 0.717) is 0 Å². The number of carbonyl (C=O) groups excluding carboxylic acids is 1. The van der Waals surface area contributed by atoms with E-state index in [9.17, 15) is 9.59 Å². The SMILES string of the molecule is CC(C)C(C)(NC(=O)C1CCC1)C(=O)O. The largest absolute Gasteiger partial charge is 0.480 e. The smallest absolute Gasteiger partial charge is 0.329 e. The van der Waals surface area contributed by atoms with Crippen molar-refractivity contribution < 1.29 is 14.7 Å². The third-order valence-corrected chi connectivity index (χ3v) is 3.46. The van der Waals surface area contributed by atoms with Gasteiger partial charge in [-0.25, -0.2) is 4.79 Å². The van der Waals surface area contributed by atoms with Crippen LogP contribution in [0.3, 0.4) is 0 Å². The Labute approximate surface area is 90.0 Å². The van der Waals surface area contributed by atoms with Crippen molar-refractivity contribution in [2.24, 2.45) is 11.8 Å². The van der Waals surface area contributed by atoms with Crippen LogP contribution < -0.4 is 5.32 Å². The summed E-state index contributed by atoms with van der Waals surface area (Å²) in [5.74, 6) is -1.17. The van der Waals surface area contributed by atoms with Gasteiger partial charge >= 0.3 is 5.97 Å². The molecule has 1 amide bonds. The van der Waals surface area contributed by atoms with E-state index in [-0.39, 0.29) is 17.7 Å². The van der Waals surface area contributed by atoms with Crippen LogP contribution in [0.15, 0.2) is 0 Å². The fourth-order valence-corrected chi connectivity index (χ4v) is 1.47. The monoisotopic (exact) mass is 213 g/mol. The molecule has 1 unspecified atom stereocenters. The highest BCUT2D eigenvalue weighted by atomic mass is 16.4. The molecule has 0 aliphatic heterocycles. The first kappa shape index (κ1) is 12.0. The van der Waals surface area contributed by atoms with Crippen molar-refractivity contribution in [3.8, 4) is 0 Å². The van der Waals surface area contributed by atoms with Gasteiger partial charge in [-0.15, -0.1) is 0 Å². The van der Waals surface area contributed by atoms with Crippen molar-refractivity contribution in [2.75, 3.05) is 0 Å². The van der Waals surface area contributed by atoms with Crippen molar-refractivity contribution in [3.63, 3.8) is 0 Å². The summed E-state index contributed by atoms with van der Waals surface area (Å²) in [5.41, 5.74) is -1.15. The van der Waals surface area contributed by atoms with Gasteiger partial charge in [0, 0.05) is 5.92 Å². The lowest BCUT2D eigenvalue weighted by Gasteiger charge is -2.34. The number of aliphatic carboxylic acids is 1. The number of rotatable bonds is 4. The summed E-state index contributed by atoms with van der Waals surface area (Å²) in [6.07, 6.45) is 2.85. The molecule has 1 aliphatic rings. The van der Waals surface area contributed by atoms with Gasteiger partial charge in [-0.2, -0.15) is 0 Å². The zero-order chi connectivity index (χ0) is 11.6. The fourth-order valence-electron chi connectivity index (χ4n) is 1.47. The molecular formula is C11H19NO3. The number of carboxylic acids is 1. The summed E-state index contributed by atoms with van der Waals surface area (Å²) in [7, 11) is 0. The first-order chi connectivity index (χ1) is 6.88. The minimum Gasteiger partial charge on any atom is -0.480 e. The predicted molar refractivity (Wildman–Crippen MR) is 56.4 cm³/mol. The van der Waals surface area contributed by atoms with Gasteiger partial charge in [0.05, 0.1) is 0 Å². The number of hydrogen-bond donors (Lipinski definition) is 2. The molecule has 0 aromatic rings. The second-order valence-corrected chi connectivity index (χ2v) is 4.78. The Hall–Kier alpha value is -1.06. The lowest BCUT2D eigenvalue weighted by atomic mass is 9.82. The zero-order valence-corrected chi connectivity index (χ0v) is 9.54. The van der Waals surface area contributed by atoms with Crippen LogP contribution >= 0.6 is 0 Å². The molecule has 15 heavy (non-hydrogen) atoms. The third-order valence-electron chi connectivity index (χ3n) is 3.46. The summed E-state index contributed by atoms with van der Waals surface area (Å²) < 4.78 is 0. The van der Waals surface area contributed by atoms with Gasteiger partial charge in [0.15, 0.2) is 0 Å². The lowest BCUT2D eigenvalue weighted by molar-refractivity contribution is -0.150. The third kappa shape index (κ3) is 2.30. The van der Waals surface area contributed by atoms with Crippen molar-refractivity contribution in [3.05, 3.63) is 0 Å². The Morgan fingerprint density at radius 2 is 1.93 bits per heavy atom. The van der Waals surface area contributed by atoms with Crippen molar-refractivity contribution in [1.82, 2.24) is 5.32 Å². The van der Waals surface area contributed by atoms with Crippen LogP contribution in [0.25, 0.3) is 0 Å². The molecule has 1 saturated carbocycles. The number of hydrogen-bond acceptors (Lipinski definition) is 2. The van der Waals surface area contributed by atoms with E-state index in [2.05, 4.69) is 5.32 Å². The minimum atomic E-state index is -1.15. The molecule has 0 spiro atoms. The quantitative estimate of drug-likeness (QED) is 0.741. The number of carbonyl (C=O) groups is 2. The average molecular weight is 213 g/mol. The Kier molecular flexibility index (Phi) is 3.37. The molecule has 1 atom stereocenters. The maximum absolute atomic E-state index is 11.7. The van der Waals surface area contributed by atoms with E-state index in [1.54, 1.807) is 20.8 Å². The predicted octanol–water partition coefficient (Wildman–Crippen LogP) is 1.40. The molecular weight excluding hydrogens is 194 g/mol. The standard InChI is InChI=1S/C11H19NO3/c1-7(2)11(3,10(14)15)12-9(13)8-5-4-6-8/h7-8H,4-6H2,1-3H3,(H,12,13)(H,14,15). The van der Waals surface area contributed by atoms with E-state index >= 15 is 0 Å². The van der Waals surface area contributed by atoms with Gasteiger partial charge in [0.1, 0.15) is 5.54 Å². The van der Waals surface area contributed by atoms with E-state index in [1.807, 2.05) is 0 Å². The van der Waals surface area contributed by atoms with Crippen LogP contribution in [0, 0.1) is 11.8 Å². The first-order valence-electron chi connectivity index (χ1n) is 5.43. The first-order valence-corrected chi connectivity index (χ1v) is 5.43. The van der Waals surface area contributed by atoms with Crippen molar-refractivity contribution in [2.45, 2.75) is 45.6 Å². The highest BCUT2D eigenvalue weighted by molar-refractivity contribution is 5.88. The van der Waals surface area contributed by atoms with E-state index < -0.39 is 11.5 Å². The van der Waals surface area contributed by atoms with E-state index in [0.717, 1.165) is 19.3 Å². The number of nitrogens with one attached hydrogen (secondary N) is 1. The minimum absolute atomic E-state index is 0.0300. The molecule has 0 aromatic heterocycles. The molecule has 0 radical (unpaired) electrons. The molecule has 4 heteroatoms. The molecule has 0 heterocycles. The normalized spacial score (nSPS) is 20.5. The Morgan fingerprint density at radius 3 is 2.20 bits per heavy atom. The number of amides is 1. The summed E-state index contributed by atoms with van der Waals surface area (Å²) >= 11 is 0. The summed E-state index contributed by atoms with van der Waals surface area (Å²) in [4.78, 5) is 22.8. The van der Waals surface area contributed by atoms with Crippen molar-refractivity contribution in [1.29, 1.82) is 0 Å². The summed E-state index contributed by atoms with van der Waals surface area (Å²) in [5, 5.41) is 11.8. The maximum Gasteiger partial charge on any atom is 0.329 e. The molecule has 1 aliphatic carbocycles. The topological polar surface area (TPSA) is 66.4 Å². The molecule has 86 valence electrons. The van der Waals surface area contributed by atoms with Gasteiger partial charge in [0.25, 0.3) is 0 Å². The van der Waals surface area contributed by atoms with E-state index in [4.69, 9.17) is 5.11 Å². The van der Waals surface area contributed by atoms with Crippen LogP contribution in [0.1, 0.15) is 40.0 Å². The van der Waals surface area contributed by atoms with Gasteiger partial charge in [-0.1, -0.05) is 20.3 Å². The Bertz CT molecular complexity index is 271. The second kappa shape index (κ2) is 4.21. The average Bonchev–Trinajstić information content (AvgIpc) is 1.99. The summed E-state index contributed by atoms with van der Waals surface area (Å²) in [6.45, 7) is 5.17. The molecule has 2 N–H and O–H groups in total. The maximum atomic E-state index is 11.7. The second-order valence-electron chi connectivity index (χ2n) is 4.78. The fraction of sp³-hybridized carbons (Fsp3) is 0.818.